The molecule has 1 atom stereocenters. The molecular weight excluding hydrogens is 387 g/mol. The van der Waals surface area contributed by atoms with E-state index in [1.165, 1.54) is 23.1 Å². The smallest absolute Gasteiger partial charge is 0.268 e. The first-order chi connectivity index (χ1) is 14.3. The van der Waals surface area contributed by atoms with Crippen LogP contribution in [0.3, 0.4) is 0 Å². The summed E-state index contributed by atoms with van der Waals surface area (Å²) in [5.41, 5.74) is 5.02. The molecule has 2 amide bonds. The number of likely N-dealkylation sites (N-methyl/N-ethyl adjacent to an activating group) is 1. The lowest BCUT2D eigenvalue weighted by atomic mass is 10.0. The number of carbonyl (C=O) groups is 2. The van der Waals surface area contributed by atoms with Gasteiger partial charge in [0, 0.05) is 42.6 Å². The van der Waals surface area contributed by atoms with E-state index in [1.54, 1.807) is 31.3 Å². The molecule has 0 aliphatic carbocycles. The van der Waals surface area contributed by atoms with Crippen LogP contribution in [0, 0.1) is 17.7 Å². The Labute approximate surface area is 171 Å². The van der Waals surface area contributed by atoms with Crippen LogP contribution in [-0.2, 0) is 4.79 Å². The molecule has 3 N–H and O–H groups in total. The molecule has 0 saturated carbocycles. The van der Waals surface area contributed by atoms with Crippen LogP contribution < -0.4 is 5.73 Å². The number of benzene rings is 2. The molecule has 8 heteroatoms. The van der Waals surface area contributed by atoms with Crippen molar-refractivity contribution in [1.29, 1.82) is 0 Å². The summed E-state index contributed by atoms with van der Waals surface area (Å²) in [5, 5.41) is 10.8. The number of aromatic nitrogens is 2. The molecule has 1 aliphatic rings. The molecule has 3 aromatic rings. The molecule has 2 heterocycles. The third-order valence-electron chi connectivity index (χ3n) is 4.94. The first-order valence-corrected chi connectivity index (χ1v) is 9.15. The van der Waals surface area contributed by atoms with E-state index >= 15 is 0 Å². The van der Waals surface area contributed by atoms with Crippen molar-refractivity contribution in [2.45, 2.75) is 12.0 Å². The van der Waals surface area contributed by atoms with Gasteiger partial charge in [-0.05, 0) is 24.3 Å². The van der Waals surface area contributed by atoms with Crippen LogP contribution in [0.25, 0.3) is 22.3 Å². The minimum Gasteiger partial charge on any atom is -0.369 e. The van der Waals surface area contributed by atoms with Crippen molar-refractivity contribution >= 4 is 22.7 Å². The van der Waals surface area contributed by atoms with Gasteiger partial charge in [0.1, 0.15) is 11.5 Å². The zero-order chi connectivity index (χ0) is 21.5. The maximum absolute atomic E-state index is 13.7. The molecule has 1 saturated heterocycles. The molecular formula is C22H17FN4O3. The molecule has 0 unspecified atom stereocenters. The number of fused-ring (bicyclic) bond motifs is 1. The lowest BCUT2D eigenvalue weighted by molar-refractivity contribution is -0.137. The topological polar surface area (TPSA) is 109 Å². The quantitative estimate of drug-likeness (QED) is 0.629. The van der Waals surface area contributed by atoms with Crippen LogP contribution in [0.5, 0.6) is 0 Å². The van der Waals surface area contributed by atoms with Crippen molar-refractivity contribution < 1.29 is 19.1 Å². The van der Waals surface area contributed by atoms with Gasteiger partial charge in [-0.15, -0.1) is 0 Å². The SMILES string of the molecule is CN1CC[C@@](O)(C#Cc2cccc(-c3nc(C(N)=O)c4ccc(F)cc4n3)c2)C1=O. The number of primary amides is 1. The maximum atomic E-state index is 13.7. The Morgan fingerprint density at radius 1 is 1.27 bits per heavy atom. The Balaban J connectivity index is 1.77. The van der Waals surface area contributed by atoms with Gasteiger partial charge in [-0.2, -0.15) is 0 Å². The Bertz CT molecular complexity index is 1260. The number of hydrogen-bond acceptors (Lipinski definition) is 5. The van der Waals surface area contributed by atoms with E-state index in [-0.39, 0.29) is 23.5 Å². The number of likely N-dealkylation sites (tertiary alicyclic amines) is 1. The van der Waals surface area contributed by atoms with Crippen LogP contribution in [0.2, 0.25) is 0 Å². The average Bonchev–Trinajstić information content (AvgIpc) is 2.99. The number of amides is 2. The molecule has 0 radical (unpaired) electrons. The molecule has 150 valence electrons. The number of nitrogens with two attached hydrogens (primary N) is 1. The second kappa shape index (κ2) is 7.21. The summed E-state index contributed by atoms with van der Waals surface area (Å²) in [6, 6.07) is 10.6. The zero-order valence-corrected chi connectivity index (χ0v) is 16.0. The van der Waals surface area contributed by atoms with Gasteiger partial charge in [0.2, 0.25) is 5.60 Å². The van der Waals surface area contributed by atoms with Crippen molar-refractivity contribution in [3.05, 3.63) is 59.5 Å². The summed E-state index contributed by atoms with van der Waals surface area (Å²) in [6.45, 7) is 0.432. The Kier molecular flexibility index (Phi) is 4.68. The highest BCUT2D eigenvalue weighted by Crippen LogP contribution is 2.24. The fourth-order valence-electron chi connectivity index (χ4n) is 3.30. The largest absolute Gasteiger partial charge is 0.369 e. The highest BCUT2D eigenvalue weighted by atomic mass is 19.1. The molecule has 1 aromatic heterocycles. The van der Waals surface area contributed by atoms with Crippen LogP contribution in [0.1, 0.15) is 22.5 Å². The van der Waals surface area contributed by atoms with E-state index in [1.807, 2.05) is 0 Å². The third kappa shape index (κ3) is 3.47. The van der Waals surface area contributed by atoms with E-state index in [0.29, 0.717) is 23.1 Å². The van der Waals surface area contributed by atoms with Crippen LogP contribution in [0.4, 0.5) is 4.39 Å². The normalized spacial score (nSPS) is 18.4. The van der Waals surface area contributed by atoms with Crippen molar-refractivity contribution in [3.63, 3.8) is 0 Å². The van der Waals surface area contributed by atoms with Crippen molar-refractivity contribution in [2.24, 2.45) is 5.73 Å². The summed E-state index contributed by atoms with van der Waals surface area (Å²) in [6.07, 6.45) is 0.232. The number of aliphatic hydroxyl groups is 1. The molecule has 1 aliphatic heterocycles. The van der Waals surface area contributed by atoms with Crippen molar-refractivity contribution in [2.75, 3.05) is 13.6 Å². The minimum atomic E-state index is -1.71. The standard InChI is InChI=1S/C22H17FN4O3/c1-27-10-9-22(30,21(27)29)8-7-13-3-2-4-14(11-13)20-25-17-12-15(23)5-6-16(17)18(26-20)19(24)28/h2-6,11-12,30H,9-10H2,1H3,(H2,24,28)/t22-/m0/s1. The molecule has 1 fully saturated rings. The number of carbonyl (C=O) groups excluding carboxylic acids is 2. The number of halogens is 1. The van der Waals surface area contributed by atoms with Gasteiger partial charge in [0.25, 0.3) is 11.8 Å². The number of nitrogens with zero attached hydrogens (tertiary/aromatic N) is 3. The maximum Gasteiger partial charge on any atom is 0.268 e. The molecule has 0 bridgehead atoms. The first-order valence-electron chi connectivity index (χ1n) is 9.15. The molecule has 30 heavy (non-hydrogen) atoms. The van der Waals surface area contributed by atoms with E-state index in [2.05, 4.69) is 21.8 Å². The van der Waals surface area contributed by atoms with Crippen LogP contribution in [0.15, 0.2) is 42.5 Å². The molecule has 4 rings (SSSR count). The summed E-state index contributed by atoms with van der Waals surface area (Å²) in [4.78, 5) is 33.9. The average molecular weight is 404 g/mol. The summed E-state index contributed by atoms with van der Waals surface area (Å²) in [7, 11) is 1.61. The zero-order valence-electron chi connectivity index (χ0n) is 16.0. The summed E-state index contributed by atoms with van der Waals surface area (Å²) >= 11 is 0. The fourth-order valence-corrected chi connectivity index (χ4v) is 3.30. The van der Waals surface area contributed by atoms with Crippen molar-refractivity contribution in [3.8, 4) is 23.2 Å². The second-order valence-corrected chi connectivity index (χ2v) is 7.09. The van der Waals surface area contributed by atoms with Gasteiger partial charge in [0.05, 0.1) is 5.52 Å². The first kappa shape index (κ1) is 19.5. The summed E-state index contributed by atoms with van der Waals surface area (Å²) in [5.74, 6) is 3.96. The Morgan fingerprint density at radius 3 is 2.77 bits per heavy atom. The van der Waals surface area contributed by atoms with Gasteiger partial charge in [-0.3, -0.25) is 9.59 Å². The summed E-state index contributed by atoms with van der Waals surface area (Å²) < 4.78 is 13.7. The number of rotatable bonds is 2. The molecule has 7 nitrogen and oxygen atoms in total. The second-order valence-electron chi connectivity index (χ2n) is 7.09. The van der Waals surface area contributed by atoms with E-state index in [0.717, 1.165) is 0 Å². The fraction of sp³-hybridized carbons (Fsp3) is 0.182. The van der Waals surface area contributed by atoms with Crippen LogP contribution in [-0.4, -0.2) is 51.0 Å². The van der Waals surface area contributed by atoms with E-state index in [4.69, 9.17) is 5.73 Å². The minimum absolute atomic E-state index is 0.0135. The van der Waals surface area contributed by atoms with Gasteiger partial charge in [-0.25, -0.2) is 14.4 Å². The Hall–Kier alpha value is -3.83. The van der Waals surface area contributed by atoms with Gasteiger partial charge < -0.3 is 15.7 Å². The number of hydrogen-bond donors (Lipinski definition) is 2. The molecule has 0 spiro atoms. The third-order valence-corrected chi connectivity index (χ3v) is 4.94. The Morgan fingerprint density at radius 2 is 2.07 bits per heavy atom. The lowest BCUT2D eigenvalue weighted by Crippen LogP contribution is -2.37. The highest BCUT2D eigenvalue weighted by Gasteiger charge is 2.42. The van der Waals surface area contributed by atoms with Crippen LogP contribution >= 0.6 is 0 Å². The van der Waals surface area contributed by atoms with Gasteiger partial charge >= 0.3 is 0 Å². The van der Waals surface area contributed by atoms with Gasteiger partial charge in [-0.1, -0.05) is 24.0 Å². The lowest BCUT2D eigenvalue weighted by Gasteiger charge is -2.13. The highest BCUT2D eigenvalue weighted by molar-refractivity contribution is 6.04. The van der Waals surface area contributed by atoms with Gasteiger partial charge in [0.15, 0.2) is 5.82 Å². The monoisotopic (exact) mass is 404 g/mol. The van der Waals surface area contributed by atoms with E-state index in [9.17, 15) is 19.1 Å². The molecule has 2 aromatic carbocycles. The van der Waals surface area contributed by atoms with Crippen molar-refractivity contribution in [1.82, 2.24) is 14.9 Å². The van der Waals surface area contributed by atoms with E-state index < -0.39 is 23.2 Å². The predicted molar refractivity (Wildman–Crippen MR) is 108 cm³/mol. The predicted octanol–water partition coefficient (Wildman–Crippen LogP) is 1.48.